The van der Waals surface area contributed by atoms with Crippen molar-refractivity contribution in [1.82, 2.24) is 4.90 Å². The molecule has 0 radical (unpaired) electrons. The molecule has 0 unspecified atom stereocenters. The first-order valence-electron chi connectivity index (χ1n) is 8.11. The summed E-state index contributed by atoms with van der Waals surface area (Å²) in [6.45, 7) is 6.04. The molecule has 1 fully saturated rings. The molecule has 2 rings (SSSR count). The van der Waals surface area contributed by atoms with Crippen LogP contribution in [0.25, 0.3) is 0 Å². The van der Waals surface area contributed by atoms with Crippen LogP contribution in [-0.2, 0) is 20.7 Å². The molecule has 1 aliphatic heterocycles. The average Bonchev–Trinajstić information content (AvgIpc) is 2.95. The molecule has 1 saturated heterocycles. The summed E-state index contributed by atoms with van der Waals surface area (Å²) >= 11 is 0. The fourth-order valence-corrected chi connectivity index (χ4v) is 2.81. The van der Waals surface area contributed by atoms with Gasteiger partial charge in [0.25, 0.3) is 0 Å². The van der Waals surface area contributed by atoms with Crippen molar-refractivity contribution >= 4 is 11.9 Å². The zero-order chi connectivity index (χ0) is 17.0. The van der Waals surface area contributed by atoms with E-state index in [2.05, 4.69) is 0 Å². The number of rotatable bonds is 4. The highest BCUT2D eigenvalue weighted by molar-refractivity contribution is 5.88. The Hall–Kier alpha value is -1.88. The second kappa shape index (κ2) is 7.13. The minimum Gasteiger partial charge on any atom is -0.458 e. The van der Waals surface area contributed by atoms with Gasteiger partial charge in [0, 0.05) is 6.54 Å². The van der Waals surface area contributed by atoms with Gasteiger partial charge < -0.3 is 15.4 Å². The van der Waals surface area contributed by atoms with Gasteiger partial charge in [-0.05, 0) is 45.6 Å². The maximum atomic E-state index is 12.6. The molecule has 2 N–H and O–H groups in total. The second-order valence-corrected chi connectivity index (χ2v) is 7.02. The maximum Gasteiger partial charge on any atom is 0.329 e. The molecule has 0 saturated carbocycles. The third-order valence-corrected chi connectivity index (χ3v) is 3.83. The van der Waals surface area contributed by atoms with Gasteiger partial charge in [0.2, 0.25) is 5.91 Å². The van der Waals surface area contributed by atoms with Crippen molar-refractivity contribution in [2.24, 2.45) is 5.73 Å². The van der Waals surface area contributed by atoms with E-state index < -0.39 is 17.7 Å². The van der Waals surface area contributed by atoms with Gasteiger partial charge in [-0.3, -0.25) is 4.79 Å². The molecule has 2 atom stereocenters. The van der Waals surface area contributed by atoms with Gasteiger partial charge in [0.1, 0.15) is 11.6 Å². The van der Waals surface area contributed by atoms with Gasteiger partial charge in [-0.15, -0.1) is 0 Å². The van der Waals surface area contributed by atoms with Crippen LogP contribution in [0.1, 0.15) is 39.2 Å². The molecule has 23 heavy (non-hydrogen) atoms. The molecule has 0 spiro atoms. The van der Waals surface area contributed by atoms with Gasteiger partial charge in [0.15, 0.2) is 0 Å². The van der Waals surface area contributed by atoms with Crippen LogP contribution in [0, 0.1) is 0 Å². The van der Waals surface area contributed by atoms with Gasteiger partial charge in [-0.1, -0.05) is 30.3 Å². The SMILES string of the molecule is CC(C)(C)OC(=O)[C@H]1CCCN1C(=O)[C@H](N)Cc1ccccc1. The normalized spacial score (nSPS) is 19.5. The first-order valence-corrected chi connectivity index (χ1v) is 8.11. The van der Waals surface area contributed by atoms with E-state index in [1.807, 2.05) is 51.1 Å². The van der Waals surface area contributed by atoms with E-state index in [0.29, 0.717) is 19.4 Å². The van der Waals surface area contributed by atoms with Crippen LogP contribution in [-0.4, -0.2) is 41.0 Å². The van der Waals surface area contributed by atoms with Crippen LogP contribution in [0.4, 0.5) is 0 Å². The van der Waals surface area contributed by atoms with E-state index in [1.165, 1.54) is 0 Å². The lowest BCUT2D eigenvalue weighted by molar-refractivity contribution is -0.163. The maximum absolute atomic E-state index is 12.6. The number of esters is 1. The first kappa shape index (κ1) is 17.5. The fourth-order valence-electron chi connectivity index (χ4n) is 2.81. The lowest BCUT2D eigenvalue weighted by Gasteiger charge is -2.29. The Morgan fingerprint density at radius 2 is 1.96 bits per heavy atom. The van der Waals surface area contributed by atoms with Gasteiger partial charge in [-0.25, -0.2) is 4.79 Å². The molecular weight excluding hydrogens is 292 g/mol. The van der Waals surface area contributed by atoms with E-state index in [4.69, 9.17) is 10.5 Å². The van der Waals surface area contributed by atoms with Crippen molar-refractivity contribution in [3.63, 3.8) is 0 Å². The number of carbonyl (C=O) groups excluding carboxylic acids is 2. The van der Waals surface area contributed by atoms with Crippen LogP contribution in [0.2, 0.25) is 0 Å². The highest BCUT2D eigenvalue weighted by Crippen LogP contribution is 2.22. The smallest absolute Gasteiger partial charge is 0.329 e. The lowest BCUT2D eigenvalue weighted by atomic mass is 10.1. The predicted molar refractivity (Wildman–Crippen MR) is 88.7 cm³/mol. The molecule has 0 aliphatic carbocycles. The van der Waals surface area contributed by atoms with Gasteiger partial charge in [0.05, 0.1) is 6.04 Å². The average molecular weight is 318 g/mol. The highest BCUT2D eigenvalue weighted by atomic mass is 16.6. The molecule has 1 aromatic rings. The Kier molecular flexibility index (Phi) is 5.42. The Balaban J connectivity index is 2.01. The predicted octanol–water partition coefficient (Wildman–Crippen LogP) is 1.89. The summed E-state index contributed by atoms with van der Waals surface area (Å²) in [5, 5.41) is 0. The summed E-state index contributed by atoms with van der Waals surface area (Å²) in [6.07, 6.45) is 1.91. The molecular formula is C18H26N2O3. The minimum absolute atomic E-state index is 0.179. The number of hydrogen-bond donors (Lipinski definition) is 1. The number of nitrogens with zero attached hydrogens (tertiary/aromatic N) is 1. The van der Waals surface area contributed by atoms with Crippen molar-refractivity contribution in [1.29, 1.82) is 0 Å². The summed E-state index contributed by atoms with van der Waals surface area (Å²) in [5.74, 6) is -0.516. The summed E-state index contributed by atoms with van der Waals surface area (Å²) in [7, 11) is 0. The molecule has 1 aliphatic rings. The standard InChI is InChI=1S/C18H26N2O3/c1-18(2,3)23-17(22)15-10-7-11-20(15)16(21)14(19)12-13-8-5-4-6-9-13/h4-6,8-9,14-15H,7,10-12,19H2,1-3H3/t14-,15-/m1/s1. The Bertz CT molecular complexity index is 551. The lowest BCUT2D eigenvalue weighted by Crippen LogP contribution is -2.50. The van der Waals surface area contributed by atoms with Crippen LogP contribution < -0.4 is 5.73 Å². The third kappa shape index (κ3) is 4.79. The summed E-state index contributed by atoms with van der Waals surface area (Å²) in [5.41, 5.74) is 6.54. The molecule has 1 heterocycles. The van der Waals surface area contributed by atoms with E-state index in [9.17, 15) is 9.59 Å². The van der Waals surface area contributed by atoms with E-state index in [1.54, 1.807) is 4.90 Å². The number of hydrogen-bond acceptors (Lipinski definition) is 4. The Labute approximate surface area is 137 Å². The molecule has 5 nitrogen and oxygen atoms in total. The van der Waals surface area contributed by atoms with Crippen LogP contribution in [0.3, 0.4) is 0 Å². The number of ether oxygens (including phenoxy) is 1. The quantitative estimate of drug-likeness (QED) is 0.861. The topological polar surface area (TPSA) is 72.6 Å². The Morgan fingerprint density at radius 1 is 1.30 bits per heavy atom. The third-order valence-electron chi connectivity index (χ3n) is 3.83. The number of likely N-dealkylation sites (tertiary alicyclic amines) is 1. The van der Waals surface area contributed by atoms with Gasteiger partial charge in [-0.2, -0.15) is 0 Å². The first-order chi connectivity index (χ1) is 10.8. The number of carbonyl (C=O) groups is 2. The molecule has 0 aromatic heterocycles. The second-order valence-electron chi connectivity index (χ2n) is 7.02. The number of benzene rings is 1. The van der Waals surface area contributed by atoms with E-state index in [0.717, 1.165) is 12.0 Å². The van der Waals surface area contributed by atoms with Crippen LogP contribution >= 0.6 is 0 Å². The molecule has 126 valence electrons. The van der Waals surface area contributed by atoms with Crippen molar-refractivity contribution in [3.05, 3.63) is 35.9 Å². The van der Waals surface area contributed by atoms with Crippen LogP contribution in [0.5, 0.6) is 0 Å². The van der Waals surface area contributed by atoms with Crippen molar-refractivity contribution < 1.29 is 14.3 Å². The van der Waals surface area contributed by atoms with Crippen molar-refractivity contribution in [2.45, 2.75) is 57.7 Å². The van der Waals surface area contributed by atoms with Crippen molar-refractivity contribution in [2.75, 3.05) is 6.54 Å². The van der Waals surface area contributed by atoms with E-state index in [-0.39, 0.29) is 11.9 Å². The minimum atomic E-state index is -0.638. The fraction of sp³-hybridized carbons (Fsp3) is 0.556. The molecule has 5 heteroatoms. The number of amides is 1. The Morgan fingerprint density at radius 3 is 2.57 bits per heavy atom. The highest BCUT2D eigenvalue weighted by Gasteiger charge is 2.38. The molecule has 0 bridgehead atoms. The zero-order valence-electron chi connectivity index (χ0n) is 14.1. The van der Waals surface area contributed by atoms with Crippen molar-refractivity contribution in [3.8, 4) is 0 Å². The van der Waals surface area contributed by atoms with Crippen LogP contribution in [0.15, 0.2) is 30.3 Å². The summed E-state index contributed by atoms with van der Waals surface area (Å²) in [6, 6.07) is 8.52. The van der Waals surface area contributed by atoms with Gasteiger partial charge >= 0.3 is 5.97 Å². The molecule has 1 aromatic carbocycles. The monoisotopic (exact) mass is 318 g/mol. The number of nitrogens with two attached hydrogens (primary N) is 1. The largest absolute Gasteiger partial charge is 0.458 e. The molecule has 1 amide bonds. The summed E-state index contributed by atoms with van der Waals surface area (Å²) in [4.78, 5) is 26.5. The summed E-state index contributed by atoms with van der Waals surface area (Å²) < 4.78 is 5.43. The van der Waals surface area contributed by atoms with E-state index >= 15 is 0 Å². The zero-order valence-corrected chi connectivity index (χ0v) is 14.1.